The molecule has 3 aliphatic rings. The van der Waals surface area contributed by atoms with Gasteiger partial charge in [0.15, 0.2) is 0 Å². The molecule has 0 unspecified atom stereocenters. The van der Waals surface area contributed by atoms with Crippen LogP contribution in [0.4, 0.5) is 9.59 Å². The predicted molar refractivity (Wildman–Crippen MR) is 226 cm³/mol. The lowest BCUT2D eigenvalue weighted by Crippen LogP contribution is -2.50. The van der Waals surface area contributed by atoms with Crippen LogP contribution in [0.1, 0.15) is 85.0 Å². The number of likely N-dealkylation sites (tertiary alicyclic amines) is 3. The number of imidazole rings is 2. The molecule has 3 aliphatic heterocycles. The normalized spacial score (nSPS) is 18.3. The van der Waals surface area contributed by atoms with E-state index in [0.717, 1.165) is 59.3 Å². The maximum absolute atomic E-state index is 14.2. The van der Waals surface area contributed by atoms with Gasteiger partial charge in [-0.15, -0.1) is 0 Å². The summed E-state index contributed by atoms with van der Waals surface area (Å²) in [6.45, 7) is 1.90. The molecule has 8 rings (SSSR count). The first-order chi connectivity index (χ1) is 29.7. The molecule has 3 aromatic carbocycles. The van der Waals surface area contributed by atoms with E-state index in [-0.39, 0.29) is 36.5 Å². The number of H-pyrrole nitrogens is 2. The topological polar surface area (TPSA) is 189 Å². The van der Waals surface area contributed by atoms with Crippen LogP contribution in [0.3, 0.4) is 0 Å². The lowest BCUT2D eigenvalue weighted by molar-refractivity contribution is -0.134. The smallest absolute Gasteiger partial charge is 0.407 e. The van der Waals surface area contributed by atoms with Crippen LogP contribution in [0.15, 0.2) is 91.3 Å². The fraction of sp³-hybridized carbons (Fsp3) is 0.348. The van der Waals surface area contributed by atoms with Crippen molar-refractivity contribution in [2.45, 2.75) is 62.8 Å². The lowest BCUT2D eigenvalue weighted by atomic mass is 10.0. The highest BCUT2D eigenvalue weighted by Gasteiger charge is 2.38. The van der Waals surface area contributed by atoms with Gasteiger partial charge in [-0.05, 0) is 79.5 Å². The van der Waals surface area contributed by atoms with Crippen molar-refractivity contribution in [1.82, 2.24) is 45.3 Å². The average Bonchev–Trinajstić information content (AvgIpc) is 4.15. The monoisotopic (exact) mass is 823 g/mol. The Morgan fingerprint density at radius 3 is 1.85 bits per heavy atom. The molecule has 15 nitrogen and oxygen atoms in total. The second kappa shape index (κ2) is 18.6. The van der Waals surface area contributed by atoms with Crippen LogP contribution in [0.2, 0.25) is 0 Å². The van der Waals surface area contributed by atoms with Crippen molar-refractivity contribution in [1.29, 1.82) is 0 Å². The number of urea groups is 1. The van der Waals surface area contributed by atoms with E-state index in [9.17, 15) is 24.3 Å². The third-order valence-corrected chi connectivity index (χ3v) is 11.6. The fourth-order valence-corrected chi connectivity index (χ4v) is 8.28. The van der Waals surface area contributed by atoms with Gasteiger partial charge in [-0.3, -0.25) is 9.59 Å². The van der Waals surface area contributed by atoms with E-state index in [1.807, 2.05) is 83.8 Å². The van der Waals surface area contributed by atoms with Gasteiger partial charge in [0.25, 0.3) is 0 Å². The summed E-state index contributed by atoms with van der Waals surface area (Å²) in [5.74, 6) is 7.53. The summed E-state index contributed by atoms with van der Waals surface area (Å²) in [4.78, 5) is 73.1. The summed E-state index contributed by atoms with van der Waals surface area (Å²) >= 11 is 0. The van der Waals surface area contributed by atoms with Crippen LogP contribution in [-0.2, 0) is 14.3 Å². The molecule has 3 fully saturated rings. The van der Waals surface area contributed by atoms with Gasteiger partial charge in [-0.1, -0.05) is 66.4 Å². The van der Waals surface area contributed by atoms with Crippen LogP contribution in [0.25, 0.3) is 22.5 Å². The summed E-state index contributed by atoms with van der Waals surface area (Å²) in [5, 5.41) is 15.4. The fourth-order valence-electron chi connectivity index (χ4n) is 8.28. The van der Waals surface area contributed by atoms with Gasteiger partial charge in [0.05, 0.1) is 49.1 Å². The van der Waals surface area contributed by atoms with E-state index < -0.39 is 18.2 Å². The van der Waals surface area contributed by atoms with Crippen molar-refractivity contribution >= 4 is 23.9 Å². The van der Waals surface area contributed by atoms with Crippen molar-refractivity contribution in [3.05, 3.63) is 120 Å². The van der Waals surface area contributed by atoms with Crippen molar-refractivity contribution in [3.63, 3.8) is 0 Å². The standard InChI is InChI=1S/C46H49N9O6/c1-61-46(60)49-29-40(57)54-23-5-9-38(54)42-47-27-36(50-42)32-17-13-30(14-18-32)11-12-31-15-19-33(20-16-31)37-28-48-43(51-37)39-10-6-24-55(39)44(58)41(34-7-3-2-4-8-34)52-45(59)53-25-21-35(56)22-26-53/h2-4,7-8,13-20,27-28,35,38-39,41,56H,5-6,9-10,21-26,29H2,1H3,(H,47,50)(H,48,51)(H,49,60)(H,52,59)/t38-,39-,41+/m0/s1. The number of amides is 5. The molecule has 0 bridgehead atoms. The summed E-state index contributed by atoms with van der Waals surface area (Å²) in [7, 11) is 1.26. The Bertz CT molecular complexity index is 2390. The third-order valence-electron chi connectivity index (χ3n) is 11.6. The van der Waals surface area contributed by atoms with E-state index in [0.29, 0.717) is 56.2 Å². The van der Waals surface area contributed by atoms with Gasteiger partial charge in [-0.25, -0.2) is 19.6 Å². The summed E-state index contributed by atoms with van der Waals surface area (Å²) < 4.78 is 4.58. The zero-order chi connectivity index (χ0) is 42.3. The molecule has 3 saturated heterocycles. The summed E-state index contributed by atoms with van der Waals surface area (Å²) in [6.07, 6.45) is 6.73. The quantitative estimate of drug-likeness (QED) is 0.121. The van der Waals surface area contributed by atoms with Crippen molar-refractivity contribution in [2.24, 2.45) is 0 Å². The highest BCUT2D eigenvalue weighted by molar-refractivity contribution is 5.89. The van der Waals surface area contributed by atoms with Crippen molar-refractivity contribution in [2.75, 3.05) is 39.8 Å². The van der Waals surface area contributed by atoms with E-state index in [1.54, 1.807) is 22.2 Å². The molecule has 314 valence electrons. The number of nitrogens with one attached hydrogen (secondary N) is 4. The number of ether oxygens (including phenoxy) is 1. The van der Waals surface area contributed by atoms with E-state index >= 15 is 0 Å². The molecule has 3 atom stereocenters. The molecule has 5 aromatic rings. The van der Waals surface area contributed by atoms with Crippen molar-refractivity contribution < 1.29 is 29.0 Å². The summed E-state index contributed by atoms with van der Waals surface area (Å²) in [5.41, 5.74) is 5.96. The van der Waals surface area contributed by atoms with E-state index in [2.05, 4.69) is 42.2 Å². The number of carbonyl (C=O) groups excluding carboxylic acids is 4. The van der Waals surface area contributed by atoms with Crippen LogP contribution in [0, 0.1) is 11.8 Å². The SMILES string of the molecule is COC(=O)NCC(=O)N1CCC[C@H]1c1ncc(-c2ccc(C#Cc3ccc(-c4cnc([C@@H]5CCCN5C(=O)[C@H](NC(=O)N5CCC(O)CC5)c5ccccc5)[nH]4)cc3)cc2)[nH]1. The highest BCUT2D eigenvalue weighted by atomic mass is 16.5. The van der Waals surface area contributed by atoms with Gasteiger partial charge < -0.3 is 45.1 Å². The first-order valence-electron chi connectivity index (χ1n) is 20.8. The van der Waals surface area contributed by atoms with Gasteiger partial charge in [0.2, 0.25) is 11.8 Å². The Morgan fingerprint density at radius 1 is 0.754 bits per heavy atom. The number of benzene rings is 3. The number of nitrogens with zero attached hydrogens (tertiary/aromatic N) is 5. The molecule has 5 heterocycles. The number of aliphatic hydroxyl groups is 1. The second-order valence-corrected chi connectivity index (χ2v) is 15.6. The predicted octanol–water partition coefficient (Wildman–Crippen LogP) is 5.46. The number of aromatic nitrogens is 4. The van der Waals surface area contributed by atoms with Crippen LogP contribution in [0.5, 0.6) is 0 Å². The Labute approximate surface area is 353 Å². The minimum Gasteiger partial charge on any atom is -0.453 e. The zero-order valence-corrected chi connectivity index (χ0v) is 34.0. The molecule has 61 heavy (non-hydrogen) atoms. The van der Waals surface area contributed by atoms with Crippen LogP contribution < -0.4 is 10.6 Å². The van der Waals surface area contributed by atoms with E-state index in [1.165, 1.54) is 7.11 Å². The Balaban J connectivity index is 0.889. The Morgan fingerprint density at radius 2 is 1.30 bits per heavy atom. The molecule has 15 heteroatoms. The molecule has 0 saturated carbocycles. The maximum atomic E-state index is 14.2. The lowest BCUT2D eigenvalue weighted by Gasteiger charge is -2.33. The first kappa shape index (κ1) is 40.8. The number of aromatic amines is 2. The molecule has 5 amide bonds. The molecule has 2 aromatic heterocycles. The average molecular weight is 824 g/mol. The molecule has 5 N–H and O–H groups in total. The van der Waals surface area contributed by atoms with Gasteiger partial charge >= 0.3 is 12.1 Å². The summed E-state index contributed by atoms with van der Waals surface area (Å²) in [6, 6.07) is 23.5. The minimum absolute atomic E-state index is 0.131. The minimum atomic E-state index is -0.856. The Kier molecular flexibility index (Phi) is 12.4. The van der Waals surface area contributed by atoms with Crippen LogP contribution >= 0.6 is 0 Å². The van der Waals surface area contributed by atoms with Gasteiger partial charge in [0.1, 0.15) is 24.2 Å². The zero-order valence-electron chi connectivity index (χ0n) is 34.0. The third kappa shape index (κ3) is 9.45. The highest BCUT2D eigenvalue weighted by Crippen LogP contribution is 2.35. The number of hydrogen-bond donors (Lipinski definition) is 5. The number of aliphatic hydroxyl groups excluding tert-OH is 1. The number of rotatable bonds is 9. The van der Waals surface area contributed by atoms with E-state index in [4.69, 9.17) is 4.98 Å². The molecule has 0 aliphatic carbocycles. The largest absolute Gasteiger partial charge is 0.453 e. The second-order valence-electron chi connectivity index (χ2n) is 15.6. The first-order valence-corrected chi connectivity index (χ1v) is 20.8. The molecular formula is C46H49N9O6. The maximum Gasteiger partial charge on any atom is 0.407 e. The van der Waals surface area contributed by atoms with Gasteiger partial charge in [0, 0.05) is 37.3 Å². The van der Waals surface area contributed by atoms with Crippen LogP contribution in [-0.4, -0.2) is 110 Å². The number of carbonyl (C=O) groups is 4. The number of piperidine rings is 1. The number of hydrogen-bond acceptors (Lipinski definition) is 8. The Hall–Kier alpha value is -6.92. The molecule has 0 radical (unpaired) electrons. The number of methoxy groups -OCH3 is 1. The molecule has 0 spiro atoms. The van der Waals surface area contributed by atoms with Crippen molar-refractivity contribution in [3.8, 4) is 34.4 Å². The molecular weight excluding hydrogens is 775 g/mol. The number of alkyl carbamates (subject to hydrolysis) is 1. The van der Waals surface area contributed by atoms with Gasteiger partial charge in [-0.2, -0.15) is 0 Å².